The third kappa shape index (κ3) is 3.84. The van der Waals surface area contributed by atoms with E-state index in [0.717, 1.165) is 0 Å². The molecule has 2 nitrogen and oxygen atoms in total. The molecule has 1 N–H and O–H groups in total. The predicted molar refractivity (Wildman–Crippen MR) is 73.4 cm³/mol. The lowest BCUT2D eigenvalue weighted by Gasteiger charge is -2.15. The smallest absolute Gasteiger partial charge is 0.251 e. The molecule has 0 aliphatic heterocycles. The summed E-state index contributed by atoms with van der Waals surface area (Å²) in [6.45, 7) is 1.65. The van der Waals surface area contributed by atoms with Crippen molar-refractivity contribution in [3.8, 4) is 0 Å². The van der Waals surface area contributed by atoms with E-state index in [-0.39, 0.29) is 17.5 Å². The van der Waals surface area contributed by atoms with Crippen LogP contribution < -0.4 is 5.32 Å². The lowest BCUT2D eigenvalue weighted by Crippen LogP contribution is -2.34. The maximum atomic E-state index is 13.5. The number of carbonyl (C=O) groups excluding carboxylic acids is 1. The third-order valence-electron chi connectivity index (χ3n) is 3.06. The van der Waals surface area contributed by atoms with Gasteiger partial charge in [-0.1, -0.05) is 6.07 Å². The summed E-state index contributed by atoms with van der Waals surface area (Å²) in [5, 5.41) is 2.62. The summed E-state index contributed by atoms with van der Waals surface area (Å²) in [5.41, 5.74) is 0.224. The van der Waals surface area contributed by atoms with E-state index in [0.29, 0.717) is 0 Å². The molecule has 0 saturated heterocycles. The van der Waals surface area contributed by atoms with Gasteiger partial charge in [0.15, 0.2) is 0 Å². The number of halogens is 3. The van der Waals surface area contributed by atoms with Crippen molar-refractivity contribution in [2.24, 2.45) is 0 Å². The van der Waals surface area contributed by atoms with E-state index in [9.17, 15) is 18.0 Å². The molecule has 0 saturated carbocycles. The Balaban J connectivity index is 2.03. The van der Waals surface area contributed by atoms with Gasteiger partial charge in [0, 0.05) is 17.2 Å². The van der Waals surface area contributed by atoms with Gasteiger partial charge >= 0.3 is 0 Å². The molecule has 2 rings (SSSR count). The maximum absolute atomic E-state index is 13.5. The molecule has 0 fully saturated rings. The second-order valence-corrected chi connectivity index (χ2v) is 4.79. The van der Waals surface area contributed by atoms with Gasteiger partial charge in [-0.2, -0.15) is 0 Å². The van der Waals surface area contributed by atoms with Gasteiger partial charge in [0.2, 0.25) is 0 Å². The first-order valence-electron chi connectivity index (χ1n) is 6.46. The molecule has 1 amide bonds. The van der Waals surface area contributed by atoms with Crippen molar-refractivity contribution < 1.29 is 18.0 Å². The topological polar surface area (TPSA) is 29.1 Å². The second-order valence-electron chi connectivity index (χ2n) is 4.79. The lowest BCUT2D eigenvalue weighted by atomic mass is 10.1. The van der Waals surface area contributed by atoms with Crippen LogP contribution in [0, 0.1) is 17.5 Å². The van der Waals surface area contributed by atoms with Crippen LogP contribution in [-0.2, 0) is 6.42 Å². The minimum atomic E-state index is -0.641. The van der Waals surface area contributed by atoms with Crippen LogP contribution in [0.1, 0.15) is 22.8 Å². The Morgan fingerprint density at radius 1 is 1.05 bits per heavy atom. The minimum Gasteiger partial charge on any atom is -0.349 e. The highest BCUT2D eigenvalue weighted by Gasteiger charge is 2.15. The van der Waals surface area contributed by atoms with Crippen molar-refractivity contribution in [1.82, 2.24) is 5.32 Å². The molecule has 1 unspecified atom stereocenters. The van der Waals surface area contributed by atoms with Crippen molar-refractivity contribution in [3.05, 3.63) is 71.0 Å². The van der Waals surface area contributed by atoms with Gasteiger partial charge in [-0.25, -0.2) is 13.2 Å². The van der Waals surface area contributed by atoms with Gasteiger partial charge < -0.3 is 5.32 Å². The summed E-state index contributed by atoms with van der Waals surface area (Å²) in [7, 11) is 0. The molecule has 5 heteroatoms. The van der Waals surface area contributed by atoms with Crippen LogP contribution in [0.2, 0.25) is 0 Å². The molecule has 21 heavy (non-hydrogen) atoms. The Bertz CT molecular complexity index is 620. The zero-order valence-electron chi connectivity index (χ0n) is 11.4. The summed E-state index contributed by atoms with van der Waals surface area (Å²) in [6.07, 6.45) is 0.0332. The Labute approximate surface area is 120 Å². The Kier molecular flexibility index (Phi) is 4.62. The van der Waals surface area contributed by atoms with Crippen LogP contribution >= 0.6 is 0 Å². The Hall–Kier alpha value is -2.30. The van der Waals surface area contributed by atoms with Gasteiger partial charge in [-0.3, -0.25) is 4.79 Å². The number of rotatable bonds is 4. The van der Waals surface area contributed by atoms with Crippen molar-refractivity contribution in [2.75, 3.05) is 0 Å². The van der Waals surface area contributed by atoms with Crippen LogP contribution in [0.3, 0.4) is 0 Å². The van der Waals surface area contributed by atoms with Gasteiger partial charge in [-0.15, -0.1) is 0 Å². The molecule has 0 aliphatic rings. The van der Waals surface area contributed by atoms with Crippen molar-refractivity contribution in [1.29, 1.82) is 0 Å². The Morgan fingerprint density at radius 2 is 1.62 bits per heavy atom. The molecule has 2 aromatic rings. The van der Waals surface area contributed by atoms with Crippen LogP contribution in [0.15, 0.2) is 42.5 Å². The summed E-state index contributed by atoms with van der Waals surface area (Å²) < 4.78 is 39.8. The van der Waals surface area contributed by atoms with E-state index in [1.54, 1.807) is 6.92 Å². The first kappa shape index (κ1) is 15.1. The molecule has 0 spiro atoms. The average Bonchev–Trinajstić information content (AvgIpc) is 2.43. The number of carbonyl (C=O) groups is 1. The van der Waals surface area contributed by atoms with E-state index in [1.807, 2.05) is 0 Å². The van der Waals surface area contributed by atoms with Gasteiger partial charge in [0.25, 0.3) is 5.91 Å². The van der Waals surface area contributed by atoms with Crippen molar-refractivity contribution in [2.45, 2.75) is 19.4 Å². The highest BCUT2D eigenvalue weighted by atomic mass is 19.1. The fourth-order valence-corrected chi connectivity index (χ4v) is 1.99. The fourth-order valence-electron chi connectivity index (χ4n) is 1.99. The van der Waals surface area contributed by atoms with E-state index in [4.69, 9.17) is 0 Å². The summed E-state index contributed by atoms with van der Waals surface area (Å²) in [4.78, 5) is 11.9. The van der Waals surface area contributed by atoms with Crippen LogP contribution in [0.25, 0.3) is 0 Å². The summed E-state index contributed by atoms with van der Waals surface area (Å²) >= 11 is 0. The molecule has 0 aromatic heterocycles. The fraction of sp³-hybridized carbons (Fsp3) is 0.188. The molecule has 0 aliphatic carbocycles. The minimum absolute atomic E-state index is 0.0332. The lowest BCUT2D eigenvalue weighted by molar-refractivity contribution is 0.0939. The van der Waals surface area contributed by atoms with Crippen molar-refractivity contribution >= 4 is 5.91 Å². The van der Waals surface area contributed by atoms with Gasteiger partial charge in [-0.05, 0) is 49.7 Å². The number of nitrogens with one attached hydrogen (secondary N) is 1. The highest BCUT2D eigenvalue weighted by Crippen LogP contribution is 2.14. The molecular weight excluding hydrogens is 279 g/mol. The summed E-state index contributed by atoms with van der Waals surface area (Å²) in [6, 6.07) is 8.22. The quantitative estimate of drug-likeness (QED) is 0.919. The first-order valence-corrected chi connectivity index (χ1v) is 6.46. The van der Waals surface area contributed by atoms with E-state index in [1.165, 1.54) is 42.5 Å². The van der Waals surface area contributed by atoms with Crippen LogP contribution in [-0.4, -0.2) is 11.9 Å². The predicted octanol–water partition coefficient (Wildman–Crippen LogP) is 3.46. The monoisotopic (exact) mass is 293 g/mol. The van der Waals surface area contributed by atoms with Gasteiger partial charge in [0.1, 0.15) is 17.5 Å². The normalized spacial score (nSPS) is 12.0. The zero-order chi connectivity index (χ0) is 15.4. The second kappa shape index (κ2) is 6.43. The van der Waals surface area contributed by atoms with E-state index >= 15 is 0 Å². The SMILES string of the molecule is CC(Cc1c(F)cccc1F)NC(=O)c1ccc(F)cc1. The maximum Gasteiger partial charge on any atom is 0.251 e. The Morgan fingerprint density at radius 3 is 2.19 bits per heavy atom. The average molecular weight is 293 g/mol. The van der Waals surface area contributed by atoms with Crippen molar-refractivity contribution in [3.63, 3.8) is 0 Å². The number of amides is 1. The van der Waals surface area contributed by atoms with E-state index < -0.39 is 29.4 Å². The molecule has 2 aromatic carbocycles. The zero-order valence-corrected chi connectivity index (χ0v) is 11.4. The number of hydrogen-bond acceptors (Lipinski definition) is 1. The molecule has 0 radical (unpaired) electrons. The van der Waals surface area contributed by atoms with Gasteiger partial charge in [0.05, 0.1) is 0 Å². The largest absolute Gasteiger partial charge is 0.349 e. The standard InChI is InChI=1S/C16H14F3NO/c1-10(9-13-14(18)3-2-4-15(13)19)20-16(21)11-5-7-12(17)8-6-11/h2-8,10H,9H2,1H3,(H,20,21). The molecule has 110 valence electrons. The first-order chi connectivity index (χ1) is 9.97. The van der Waals surface area contributed by atoms with E-state index in [2.05, 4.69) is 5.32 Å². The third-order valence-corrected chi connectivity index (χ3v) is 3.06. The molecule has 0 heterocycles. The summed E-state index contributed by atoms with van der Waals surface area (Å²) in [5.74, 6) is -2.14. The molecular formula is C16H14F3NO. The molecule has 0 bridgehead atoms. The number of hydrogen-bond donors (Lipinski definition) is 1. The van der Waals surface area contributed by atoms with Crippen LogP contribution in [0.4, 0.5) is 13.2 Å². The number of benzene rings is 2. The molecule has 1 atom stereocenters. The highest BCUT2D eigenvalue weighted by molar-refractivity contribution is 5.94. The van der Waals surface area contributed by atoms with Crippen LogP contribution in [0.5, 0.6) is 0 Å².